The van der Waals surface area contributed by atoms with Gasteiger partial charge in [0.2, 0.25) is 11.7 Å². The smallest absolute Gasteiger partial charge is 0.220 e. The summed E-state index contributed by atoms with van der Waals surface area (Å²) in [6, 6.07) is 3.16. The van der Waals surface area contributed by atoms with Crippen LogP contribution in [-0.4, -0.2) is 55.4 Å². The monoisotopic (exact) mass is 439 g/mol. The van der Waals surface area contributed by atoms with Gasteiger partial charge in [0.25, 0.3) is 0 Å². The van der Waals surface area contributed by atoms with Gasteiger partial charge in [-0.2, -0.15) is 5.10 Å². The van der Waals surface area contributed by atoms with E-state index in [-0.39, 0.29) is 33.7 Å². The number of carbonyl (C=O) groups excluding carboxylic acids is 1. The van der Waals surface area contributed by atoms with Crippen molar-refractivity contribution in [3.8, 4) is 5.88 Å². The molecule has 4 rings (SSSR count). The van der Waals surface area contributed by atoms with E-state index in [1.165, 1.54) is 10.7 Å². The minimum atomic E-state index is -2.66. The average molecular weight is 440 g/mol. The van der Waals surface area contributed by atoms with Crippen molar-refractivity contribution in [1.82, 2.24) is 9.78 Å². The van der Waals surface area contributed by atoms with Crippen LogP contribution in [0.1, 0.15) is 45.9 Å². The fourth-order valence-electron chi connectivity index (χ4n) is 3.71. The van der Waals surface area contributed by atoms with Crippen molar-refractivity contribution in [1.29, 1.82) is 0 Å². The molecule has 1 aliphatic carbocycles. The molecule has 8 nitrogen and oxygen atoms in total. The summed E-state index contributed by atoms with van der Waals surface area (Å²) < 4.78 is 29.4. The van der Waals surface area contributed by atoms with Crippen molar-refractivity contribution in [2.75, 3.05) is 31.2 Å². The van der Waals surface area contributed by atoms with Crippen LogP contribution < -0.4 is 4.90 Å². The molecule has 2 aromatic rings. The zero-order valence-electron chi connectivity index (χ0n) is 15.9. The van der Waals surface area contributed by atoms with Gasteiger partial charge in [-0.15, -0.1) is 0 Å². The molecule has 2 aliphatic rings. The molecule has 10 heteroatoms. The van der Waals surface area contributed by atoms with Crippen molar-refractivity contribution in [2.24, 2.45) is 7.05 Å². The van der Waals surface area contributed by atoms with Crippen LogP contribution >= 0.6 is 11.6 Å². The maximum Gasteiger partial charge on any atom is 0.220 e. The first-order valence-corrected chi connectivity index (χ1v) is 11.2. The van der Waals surface area contributed by atoms with E-state index in [2.05, 4.69) is 5.10 Å². The van der Waals surface area contributed by atoms with Crippen LogP contribution in [0, 0.1) is 0 Å². The second kappa shape index (κ2) is 7.97. The number of thiol groups is 1. The molecular formula is C19H22ClN3O5S. The molecule has 29 heavy (non-hydrogen) atoms. The highest BCUT2D eigenvalue weighted by molar-refractivity contribution is 7.71. The number of ketones is 1. The minimum absolute atomic E-state index is 0.165. The Labute approximate surface area is 175 Å². The van der Waals surface area contributed by atoms with Gasteiger partial charge in [-0.1, -0.05) is 17.7 Å². The highest BCUT2D eigenvalue weighted by Crippen LogP contribution is 2.44. The summed E-state index contributed by atoms with van der Waals surface area (Å²) in [6.45, 7) is 2.08. The highest BCUT2D eigenvalue weighted by atomic mass is 35.5. The van der Waals surface area contributed by atoms with Crippen LogP contribution in [0.25, 0.3) is 0 Å². The number of ether oxygens (including phenoxy) is 1. The normalized spacial score (nSPS) is 17.1. The van der Waals surface area contributed by atoms with Crippen molar-refractivity contribution >= 4 is 33.8 Å². The van der Waals surface area contributed by atoms with Crippen molar-refractivity contribution in [3.63, 3.8) is 0 Å². The first kappa shape index (κ1) is 20.2. The molecule has 0 radical (unpaired) electrons. The molecular weight excluding hydrogens is 418 g/mol. The third-order valence-corrected chi connectivity index (χ3v) is 6.29. The lowest BCUT2D eigenvalue weighted by Crippen LogP contribution is -2.37. The number of anilines is 1. The Morgan fingerprint density at radius 2 is 2.00 bits per heavy atom. The summed E-state index contributed by atoms with van der Waals surface area (Å²) in [7, 11) is -1.07. The summed E-state index contributed by atoms with van der Waals surface area (Å²) in [4.78, 5) is 15.3. The summed E-state index contributed by atoms with van der Waals surface area (Å²) in [6.07, 6.45) is 1.86. The number of carbonyl (C=O) groups is 1. The maximum absolute atomic E-state index is 13.4. The van der Waals surface area contributed by atoms with Gasteiger partial charge in [0.1, 0.15) is 16.3 Å². The number of hydrogen-bond acceptors (Lipinski definition) is 7. The van der Waals surface area contributed by atoms with E-state index in [4.69, 9.17) is 16.3 Å². The number of morpholine rings is 1. The second-order valence-electron chi connectivity index (χ2n) is 7.34. The molecule has 0 spiro atoms. The Balaban J connectivity index is 1.81. The fourth-order valence-corrected chi connectivity index (χ4v) is 4.63. The summed E-state index contributed by atoms with van der Waals surface area (Å²) in [5.74, 6) is -0.591. The van der Waals surface area contributed by atoms with E-state index < -0.39 is 16.5 Å². The van der Waals surface area contributed by atoms with Gasteiger partial charge in [-0.25, -0.2) is 13.1 Å². The molecule has 0 unspecified atom stereocenters. The third kappa shape index (κ3) is 3.86. The molecule has 1 N–H and O–H groups in total. The average Bonchev–Trinajstić information content (AvgIpc) is 3.48. The molecule has 1 aromatic heterocycles. The number of halogens is 1. The number of aromatic nitrogens is 2. The van der Waals surface area contributed by atoms with Crippen LogP contribution in [0.5, 0.6) is 5.88 Å². The molecule has 0 bridgehead atoms. The second-order valence-corrected chi connectivity index (χ2v) is 8.70. The summed E-state index contributed by atoms with van der Waals surface area (Å²) in [5.41, 5.74) is 2.07. The molecule has 1 aliphatic heterocycles. The van der Waals surface area contributed by atoms with Crippen molar-refractivity contribution in [3.05, 3.63) is 39.5 Å². The maximum atomic E-state index is 13.4. The molecule has 0 atom stereocenters. The highest BCUT2D eigenvalue weighted by Gasteiger charge is 2.35. The largest absolute Gasteiger partial charge is 0.493 e. The van der Waals surface area contributed by atoms with Crippen molar-refractivity contribution < 1.29 is 23.1 Å². The molecule has 0 amide bonds. The Morgan fingerprint density at radius 3 is 2.62 bits per heavy atom. The van der Waals surface area contributed by atoms with Crippen LogP contribution in [0.2, 0.25) is 5.02 Å². The van der Waals surface area contributed by atoms with Crippen molar-refractivity contribution in [2.45, 2.75) is 24.5 Å². The third-order valence-electron chi connectivity index (χ3n) is 5.31. The molecule has 1 aromatic carbocycles. The number of aromatic hydroxyl groups is 1. The van der Waals surface area contributed by atoms with Gasteiger partial charge in [-0.05, 0) is 24.5 Å². The van der Waals surface area contributed by atoms with Gasteiger partial charge in [0.05, 0.1) is 35.4 Å². The first-order chi connectivity index (χ1) is 13.9. The van der Waals surface area contributed by atoms with Gasteiger partial charge >= 0.3 is 0 Å². The van der Waals surface area contributed by atoms with Gasteiger partial charge in [0, 0.05) is 31.6 Å². The number of hydrogen-bond donors (Lipinski definition) is 2. The lowest BCUT2D eigenvalue weighted by molar-refractivity contribution is 0.103. The molecule has 1 saturated carbocycles. The van der Waals surface area contributed by atoms with E-state index in [9.17, 15) is 18.3 Å². The van der Waals surface area contributed by atoms with Crippen LogP contribution in [-0.2, 0) is 28.2 Å². The lowest BCUT2D eigenvalue weighted by atomic mass is 9.98. The Bertz CT molecular complexity index is 1030. The first-order valence-electron chi connectivity index (χ1n) is 9.45. The molecule has 2 heterocycles. The Morgan fingerprint density at radius 1 is 1.31 bits per heavy atom. The predicted molar refractivity (Wildman–Crippen MR) is 109 cm³/mol. The lowest BCUT2D eigenvalue weighted by Gasteiger charge is -2.31. The van der Waals surface area contributed by atoms with Crippen LogP contribution in [0.4, 0.5) is 5.69 Å². The Kier molecular flexibility index (Phi) is 5.54. The van der Waals surface area contributed by atoms with Gasteiger partial charge in [0.15, 0.2) is 0 Å². The minimum Gasteiger partial charge on any atom is -0.493 e. The van der Waals surface area contributed by atoms with Gasteiger partial charge in [-0.3, -0.25) is 4.79 Å². The van der Waals surface area contributed by atoms with Crippen LogP contribution in [0.3, 0.4) is 0 Å². The fraction of sp³-hybridized carbons (Fsp3) is 0.474. The standard InChI is InChI=1S/C19H22ClN3O5S/c1-22-19(25)14(16(21-22)11-2-3-11)18(24)13-5-4-12(10-29(26)27)17(15(13)20)23-6-8-28-9-7-23/h4-5,11,25,29H,2-3,6-10H2,1H3. The zero-order chi connectivity index (χ0) is 20.7. The zero-order valence-corrected chi connectivity index (χ0v) is 17.6. The summed E-state index contributed by atoms with van der Waals surface area (Å²) in [5, 5.41) is 14.9. The van der Waals surface area contributed by atoms with Crippen LogP contribution in [0.15, 0.2) is 12.1 Å². The van der Waals surface area contributed by atoms with E-state index in [0.717, 1.165) is 12.8 Å². The number of benzene rings is 1. The summed E-state index contributed by atoms with van der Waals surface area (Å²) >= 11 is 6.67. The van der Waals surface area contributed by atoms with Gasteiger partial charge < -0.3 is 14.7 Å². The van der Waals surface area contributed by atoms with E-state index in [0.29, 0.717) is 43.2 Å². The Hall–Kier alpha value is -2.10. The SMILES string of the molecule is Cn1nc(C2CC2)c(C(=O)c2ccc(C[SH](=O)=O)c(N3CCOCC3)c2Cl)c1O. The molecule has 2 fully saturated rings. The quantitative estimate of drug-likeness (QED) is 0.523. The van der Waals surface area contributed by atoms with E-state index in [1.54, 1.807) is 13.1 Å². The molecule has 156 valence electrons. The topological polar surface area (TPSA) is 102 Å². The molecule has 1 saturated heterocycles. The number of nitrogens with zero attached hydrogens (tertiary/aromatic N) is 3. The van der Waals surface area contributed by atoms with E-state index in [1.807, 2.05) is 4.90 Å². The number of aryl methyl sites for hydroxylation is 1. The predicted octanol–water partition coefficient (Wildman–Crippen LogP) is 1.84. The number of rotatable bonds is 6. The van der Waals surface area contributed by atoms with E-state index >= 15 is 0 Å².